The minimum atomic E-state index is 0.170. The van der Waals surface area contributed by atoms with Gasteiger partial charge >= 0.3 is 0 Å². The van der Waals surface area contributed by atoms with Gasteiger partial charge in [0, 0.05) is 10.0 Å². The Morgan fingerprint density at radius 1 is 1.20 bits per heavy atom. The summed E-state index contributed by atoms with van der Waals surface area (Å²) < 4.78 is 5.65. The van der Waals surface area contributed by atoms with Crippen molar-refractivity contribution in [3.63, 3.8) is 0 Å². The molecule has 15 heavy (non-hydrogen) atoms. The Kier molecular flexibility index (Phi) is 4.91. The monoisotopic (exact) mass is 246 g/mol. The van der Waals surface area contributed by atoms with Crippen molar-refractivity contribution in [3.05, 3.63) is 33.8 Å². The van der Waals surface area contributed by atoms with Gasteiger partial charge in [-0.2, -0.15) is 0 Å². The molecule has 0 heterocycles. The molecule has 0 spiro atoms. The molecule has 1 atom stereocenters. The molecule has 0 saturated carbocycles. The number of hydrogen-bond acceptors (Lipinski definition) is 1. The largest absolute Gasteiger partial charge is 0.376 e. The molecule has 1 rings (SSSR count). The predicted octanol–water partition coefficient (Wildman–Crippen LogP) is 4.35. The molecule has 0 N–H and O–H groups in total. The Hall–Kier alpha value is -0.240. The fourth-order valence-corrected chi connectivity index (χ4v) is 2.00. The summed E-state index contributed by atoms with van der Waals surface area (Å²) in [6.45, 7) is 6.10. The van der Waals surface area contributed by atoms with Gasteiger partial charge in [0.2, 0.25) is 0 Å². The number of halogens is 2. The van der Waals surface area contributed by atoms with E-state index in [0.29, 0.717) is 10.0 Å². The van der Waals surface area contributed by atoms with Gasteiger partial charge in [0.25, 0.3) is 0 Å². The summed E-state index contributed by atoms with van der Waals surface area (Å²) >= 11 is 11.9. The van der Waals surface area contributed by atoms with Crippen LogP contribution in [0.1, 0.15) is 26.3 Å². The zero-order valence-electron chi connectivity index (χ0n) is 9.26. The molecule has 0 radical (unpaired) electrons. The highest BCUT2D eigenvalue weighted by molar-refractivity contribution is 6.35. The van der Waals surface area contributed by atoms with E-state index in [0.717, 1.165) is 12.0 Å². The van der Waals surface area contributed by atoms with Crippen LogP contribution >= 0.6 is 23.2 Å². The van der Waals surface area contributed by atoms with E-state index < -0.39 is 0 Å². The molecule has 0 amide bonds. The quantitative estimate of drug-likeness (QED) is 0.768. The maximum Gasteiger partial charge on any atom is 0.0591 e. The molecule has 0 aromatic heterocycles. The van der Waals surface area contributed by atoms with Crippen molar-refractivity contribution >= 4 is 23.2 Å². The van der Waals surface area contributed by atoms with Crippen molar-refractivity contribution in [2.24, 2.45) is 0 Å². The summed E-state index contributed by atoms with van der Waals surface area (Å²) in [5.41, 5.74) is 1.08. The minimum Gasteiger partial charge on any atom is -0.376 e. The van der Waals surface area contributed by atoms with E-state index in [1.54, 1.807) is 6.07 Å². The van der Waals surface area contributed by atoms with Crippen LogP contribution in [0.15, 0.2) is 18.2 Å². The molecule has 0 aliphatic heterocycles. The zero-order chi connectivity index (χ0) is 11.4. The molecular formula is C12H16Cl2O. The fourth-order valence-electron chi connectivity index (χ4n) is 1.51. The summed E-state index contributed by atoms with van der Waals surface area (Å²) in [6.07, 6.45) is 1.23. The Bertz CT molecular complexity index is 323. The Labute approximate surface area is 101 Å². The van der Waals surface area contributed by atoms with E-state index in [-0.39, 0.29) is 12.2 Å². The molecular weight excluding hydrogens is 231 g/mol. The smallest absolute Gasteiger partial charge is 0.0591 e. The van der Waals surface area contributed by atoms with Crippen LogP contribution in [0.2, 0.25) is 10.0 Å². The van der Waals surface area contributed by atoms with E-state index in [1.807, 2.05) is 32.9 Å². The lowest BCUT2D eigenvalue weighted by molar-refractivity contribution is 0.0195. The number of rotatable bonds is 4. The van der Waals surface area contributed by atoms with Gasteiger partial charge in [0.1, 0.15) is 0 Å². The van der Waals surface area contributed by atoms with E-state index in [4.69, 9.17) is 27.9 Å². The minimum absolute atomic E-state index is 0.170. The molecule has 84 valence electrons. The topological polar surface area (TPSA) is 9.23 Å². The van der Waals surface area contributed by atoms with E-state index in [2.05, 4.69) is 0 Å². The Morgan fingerprint density at radius 2 is 1.87 bits per heavy atom. The van der Waals surface area contributed by atoms with Crippen LogP contribution < -0.4 is 0 Å². The van der Waals surface area contributed by atoms with Crippen LogP contribution in [0, 0.1) is 0 Å². The maximum atomic E-state index is 6.07. The Balaban J connectivity index is 2.64. The molecule has 0 aliphatic rings. The molecule has 1 aromatic rings. The van der Waals surface area contributed by atoms with Gasteiger partial charge in [-0.3, -0.25) is 0 Å². The van der Waals surface area contributed by atoms with Gasteiger partial charge < -0.3 is 4.74 Å². The molecule has 0 fully saturated rings. The zero-order valence-corrected chi connectivity index (χ0v) is 10.8. The van der Waals surface area contributed by atoms with Crippen LogP contribution in [0.5, 0.6) is 0 Å². The van der Waals surface area contributed by atoms with Gasteiger partial charge in [-0.15, -0.1) is 0 Å². The fraction of sp³-hybridized carbons (Fsp3) is 0.500. The van der Waals surface area contributed by atoms with Gasteiger partial charge in [-0.25, -0.2) is 0 Å². The first-order chi connectivity index (χ1) is 6.99. The molecule has 0 saturated heterocycles. The maximum absolute atomic E-state index is 6.07. The third kappa shape index (κ3) is 4.42. The van der Waals surface area contributed by atoms with Crippen molar-refractivity contribution in [1.29, 1.82) is 0 Å². The van der Waals surface area contributed by atoms with E-state index in [1.165, 1.54) is 0 Å². The van der Waals surface area contributed by atoms with E-state index in [9.17, 15) is 0 Å². The lowest BCUT2D eigenvalue weighted by atomic mass is 10.1. The predicted molar refractivity (Wildman–Crippen MR) is 65.8 cm³/mol. The average Bonchev–Trinajstić information content (AvgIpc) is 2.08. The van der Waals surface area contributed by atoms with Crippen LogP contribution in [0.25, 0.3) is 0 Å². The number of hydrogen-bond donors (Lipinski definition) is 0. The Morgan fingerprint density at radius 3 is 2.40 bits per heavy atom. The highest BCUT2D eigenvalue weighted by Crippen LogP contribution is 2.22. The van der Waals surface area contributed by atoms with Crippen molar-refractivity contribution in [1.82, 2.24) is 0 Å². The molecule has 0 bridgehead atoms. The molecule has 1 unspecified atom stereocenters. The summed E-state index contributed by atoms with van der Waals surface area (Å²) in [6, 6.07) is 5.57. The summed E-state index contributed by atoms with van der Waals surface area (Å²) in [4.78, 5) is 0. The first kappa shape index (κ1) is 12.8. The SMILES string of the molecule is CC(C)OC(C)Cc1ccc(Cl)cc1Cl. The third-order valence-corrected chi connectivity index (χ3v) is 2.61. The van der Waals surface area contributed by atoms with Crippen LogP contribution in [0.3, 0.4) is 0 Å². The highest BCUT2D eigenvalue weighted by Gasteiger charge is 2.09. The van der Waals surface area contributed by atoms with Gasteiger partial charge in [-0.1, -0.05) is 29.3 Å². The van der Waals surface area contributed by atoms with Crippen molar-refractivity contribution in [2.45, 2.75) is 39.4 Å². The second kappa shape index (κ2) is 5.74. The first-order valence-electron chi connectivity index (χ1n) is 5.08. The average molecular weight is 247 g/mol. The van der Waals surface area contributed by atoms with Gasteiger partial charge in [-0.05, 0) is 44.9 Å². The van der Waals surface area contributed by atoms with Crippen LogP contribution in [0.4, 0.5) is 0 Å². The standard InChI is InChI=1S/C12H16Cl2O/c1-8(2)15-9(3)6-10-4-5-11(13)7-12(10)14/h4-5,7-9H,6H2,1-3H3. The normalized spacial score (nSPS) is 13.2. The van der Waals surface area contributed by atoms with Crippen molar-refractivity contribution < 1.29 is 4.74 Å². The van der Waals surface area contributed by atoms with Gasteiger partial charge in [0.15, 0.2) is 0 Å². The van der Waals surface area contributed by atoms with Crippen molar-refractivity contribution in [2.75, 3.05) is 0 Å². The second-order valence-electron chi connectivity index (χ2n) is 3.94. The number of benzene rings is 1. The molecule has 1 aromatic carbocycles. The first-order valence-corrected chi connectivity index (χ1v) is 5.84. The molecule has 3 heteroatoms. The third-order valence-electron chi connectivity index (χ3n) is 2.03. The van der Waals surface area contributed by atoms with E-state index >= 15 is 0 Å². The molecule has 0 aliphatic carbocycles. The van der Waals surface area contributed by atoms with Crippen LogP contribution in [-0.4, -0.2) is 12.2 Å². The lowest BCUT2D eigenvalue weighted by Gasteiger charge is -2.16. The summed E-state index contributed by atoms with van der Waals surface area (Å²) in [5, 5.41) is 1.38. The number of ether oxygens (including phenoxy) is 1. The summed E-state index contributed by atoms with van der Waals surface area (Å²) in [5.74, 6) is 0. The lowest BCUT2D eigenvalue weighted by Crippen LogP contribution is -2.16. The van der Waals surface area contributed by atoms with Crippen LogP contribution in [-0.2, 0) is 11.2 Å². The summed E-state index contributed by atoms with van der Waals surface area (Å²) in [7, 11) is 0. The van der Waals surface area contributed by atoms with Crippen molar-refractivity contribution in [3.8, 4) is 0 Å². The second-order valence-corrected chi connectivity index (χ2v) is 4.78. The molecule has 1 nitrogen and oxygen atoms in total. The van der Waals surface area contributed by atoms with Gasteiger partial charge in [0.05, 0.1) is 12.2 Å². The highest BCUT2D eigenvalue weighted by atomic mass is 35.5.